The van der Waals surface area contributed by atoms with Gasteiger partial charge >= 0.3 is 0 Å². The molecule has 13 heteroatoms. The van der Waals surface area contributed by atoms with Crippen molar-refractivity contribution in [2.45, 2.75) is 23.9 Å². The molecule has 4 aromatic carbocycles. The van der Waals surface area contributed by atoms with Crippen LogP contribution in [0.15, 0.2) is 108 Å². The van der Waals surface area contributed by atoms with Gasteiger partial charge in [0.2, 0.25) is 11.8 Å². The maximum absolute atomic E-state index is 14.3. The minimum absolute atomic E-state index is 0.0248. The lowest BCUT2D eigenvalue weighted by atomic mass is 10.0. The van der Waals surface area contributed by atoms with Crippen LogP contribution in [0, 0.1) is 10.1 Å². The Labute approximate surface area is 265 Å². The van der Waals surface area contributed by atoms with Crippen LogP contribution >= 0.6 is 23.2 Å². The van der Waals surface area contributed by atoms with Crippen LogP contribution in [0.3, 0.4) is 0 Å². The van der Waals surface area contributed by atoms with E-state index in [2.05, 4.69) is 5.32 Å². The summed E-state index contributed by atoms with van der Waals surface area (Å²) in [5.41, 5.74) is 1.03. The maximum atomic E-state index is 14.3. The summed E-state index contributed by atoms with van der Waals surface area (Å²) >= 11 is 12.6. The highest BCUT2D eigenvalue weighted by molar-refractivity contribution is 7.92. The van der Waals surface area contributed by atoms with Crippen LogP contribution in [-0.4, -0.2) is 49.7 Å². The zero-order chi connectivity index (χ0) is 31.9. The molecule has 0 saturated heterocycles. The molecule has 0 aliphatic heterocycles. The number of halogens is 2. The van der Waals surface area contributed by atoms with Gasteiger partial charge in [-0.3, -0.25) is 24.0 Å². The topological polar surface area (TPSA) is 130 Å². The molecule has 0 saturated carbocycles. The highest BCUT2D eigenvalue weighted by Gasteiger charge is 2.34. The van der Waals surface area contributed by atoms with Gasteiger partial charge in [-0.1, -0.05) is 77.8 Å². The molecule has 1 N–H and O–H groups in total. The van der Waals surface area contributed by atoms with Gasteiger partial charge < -0.3 is 10.2 Å². The first-order valence-electron chi connectivity index (χ1n) is 13.3. The number of nitrogens with zero attached hydrogens (tertiary/aromatic N) is 3. The molecule has 44 heavy (non-hydrogen) atoms. The summed E-state index contributed by atoms with van der Waals surface area (Å²) in [4.78, 5) is 39.4. The van der Waals surface area contributed by atoms with Crippen molar-refractivity contribution < 1.29 is 22.9 Å². The van der Waals surface area contributed by atoms with E-state index in [0.29, 0.717) is 10.6 Å². The lowest BCUT2D eigenvalue weighted by molar-refractivity contribution is -0.384. The van der Waals surface area contributed by atoms with Gasteiger partial charge in [0.25, 0.3) is 15.7 Å². The lowest BCUT2D eigenvalue weighted by Crippen LogP contribution is -2.53. The number of sulfonamides is 1. The number of likely N-dealkylation sites (N-methyl/N-ethyl adjacent to an activating group) is 1. The summed E-state index contributed by atoms with van der Waals surface area (Å²) in [5.74, 6) is -1.18. The molecule has 0 heterocycles. The van der Waals surface area contributed by atoms with Crippen molar-refractivity contribution in [2.75, 3.05) is 17.9 Å². The number of nitro groups is 1. The van der Waals surface area contributed by atoms with E-state index < -0.39 is 39.3 Å². The van der Waals surface area contributed by atoms with Gasteiger partial charge in [-0.05, 0) is 47.5 Å². The number of amides is 2. The summed E-state index contributed by atoms with van der Waals surface area (Å²) in [7, 11) is -2.90. The first kappa shape index (κ1) is 32.5. The normalized spacial score (nSPS) is 11.8. The number of nitro benzene ring substituents is 1. The summed E-state index contributed by atoms with van der Waals surface area (Å²) in [6, 6.07) is 25.1. The number of carbonyl (C=O) groups excluding carboxylic acids is 2. The van der Waals surface area contributed by atoms with E-state index in [1.54, 1.807) is 42.5 Å². The second-order valence-electron chi connectivity index (χ2n) is 9.68. The van der Waals surface area contributed by atoms with E-state index in [0.717, 1.165) is 22.0 Å². The van der Waals surface area contributed by atoms with E-state index in [4.69, 9.17) is 23.2 Å². The molecular weight excluding hydrogens is 627 g/mol. The van der Waals surface area contributed by atoms with Gasteiger partial charge in [-0.2, -0.15) is 0 Å². The Morgan fingerprint density at radius 2 is 1.52 bits per heavy atom. The van der Waals surface area contributed by atoms with Gasteiger partial charge in [0, 0.05) is 42.2 Å². The van der Waals surface area contributed by atoms with Crippen molar-refractivity contribution in [1.29, 1.82) is 0 Å². The zero-order valence-electron chi connectivity index (χ0n) is 23.5. The van der Waals surface area contributed by atoms with Crippen molar-refractivity contribution in [2.24, 2.45) is 0 Å². The summed E-state index contributed by atoms with van der Waals surface area (Å²) in [6.45, 7) is -0.859. The highest BCUT2D eigenvalue weighted by Crippen LogP contribution is 2.28. The number of hydrogen-bond donors (Lipinski definition) is 1. The number of rotatable bonds is 12. The second kappa shape index (κ2) is 14.3. The first-order chi connectivity index (χ1) is 21.0. The molecule has 0 radical (unpaired) electrons. The number of hydrogen-bond acceptors (Lipinski definition) is 6. The quantitative estimate of drug-likeness (QED) is 0.159. The van der Waals surface area contributed by atoms with Gasteiger partial charge in [0.1, 0.15) is 12.6 Å². The minimum atomic E-state index is -4.34. The average Bonchev–Trinajstić information content (AvgIpc) is 3.02. The van der Waals surface area contributed by atoms with Gasteiger partial charge in [-0.15, -0.1) is 0 Å². The molecule has 4 aromatic rings. The SMILES string of the molecule is CNC(=O)[C@@H](Cc1ccccc1)N(Cc1ccc(Cl)cc1Cl)C(=O)CN(c1ccc([N+](=O)[O-])cc1)S(=O)(=O)c1ccccc1. The summed E-state index contributed by atoms with van der Waals surface area (Å²) in [6.07, 6.45) is 0.125. The first-order valence-corrected chi connectivity index (χ1v) is 15.5. The molecule has 0 aliphatic rings. The van der Waals surface area contributed by atoms with E-state index in [-0.39, 0.29) is 34.3 Å². The van der Waals surface area contributed by atoms with Crippen molar-refractivity contribution in [3.05, 3.63) is 134 Å². The van der Waals surface area contributed by atoms with Crippen LogP contribution in [0.4, 0.5) is 11.4 Å². The van der Waals surface area contributed by atoms with E-state index >= 15 is 0 Å². The van der Waals surface area contributed by atoms with E-state index in [1.807, 2.05) is 18.2 Å². The predicted molar refractivity (Wildman–Crippen MR) is 169 cm³/mol. The largest absolute Gasteiger partial charge is 0.357 e. The highest BCUT2D eigenvalue weighted by atomic mass is 35.5. The van der Waals surface area contributed by atoms with Crippen LogP contribution < -0.4 is 9.62 Å². The molecule has 0 bridgehead atoms. The van der Waals surface area contributed by atoms with E-state index in [1.165, 1.54) is 42.3 Å². The van der Waals surface area contributed by atoms with Crippen molar-refractivity contribution in [3.63, 3.8) is 0 Å². The van der Waals surface area contributed by atoms with E-state index in [9.17, 15) is 28.1 Å². The number of non-ortho nitro benzene ring substituents is 1. The van der Waals surface area contributed by atoms with Gasteiger partial charge in [-0.25, -0.2) is 8.42 Å². The Bertz CT molecular complexity index is 1740. The third-order valence-electron chi connectivity index (χ3n) is 6.83. The van der Waals surface area contributed by atoms with Gasteiger partial charge in [0.15, 0.2) is 0 Å². The third-order valence-corrected chi connectivity index (χ3v) is 9.21. The fraction of sp³-hybridized carbons (Fsp3) is 0.161. The Morgan fingerprint density at radius 3 is 2.09 bits per heavy atom. The number of benzene rings is 4. The summed E-state index contributed by atoms with van der Waals surface area (Å²) in [5, 5.41) is 14.5. The fourth-order valence-corrected chi connectivity index (χ4v) is 6.45. The molecule has 0 unspecified atom stereocenters. The minimum Gasteiger partial charge on any atom is -0.357 e. The molecule has 2 amide bonds. The predicted octanol–water partition coefficient (Wildman–Crippen LogP) is 5.48. The zero-order valence-corrected chi connectivity index (χ0v) is 25.8. The molecule has 4 rings (SSSR count). The lowest BCUT2D eigenvalue weighted by Gasteiger charge is -2.33. The molecule has 0 aromatic heterocycles. The third kappa shape index (κ3) is 7.73. The van der Waals surface area contributed by atoms with Crippen LogP contribution in [0.1, 0.15) is 11.1 Å². The fourth-order valence-electron chi connectivity index (χ4n) is 4.54. The second-order valence-corrected chi connectivity index (χ2v) is 12.4. The number of carbonyl (C=O) groups is 2. The molecule has 0 aliphatic carbocycles. The van der Waals surface area contributed by atoms with Crippen molar-refractivity contribution in [1.82, 2.24) is 10.2 Å². The van der Waals surface area contributed by atoms with Crippen LogP contribution in [-0.2, 0) is 32.6 Å². The maximum Gasteiger partial charge on any atom is 0.269 e. The monoisotopic (exact) mass is 654 g/mol. The Morgan fingerprint density at radius 1 is 0.909 bits per heavy atom. The molecular formula is C31H28Cl2N4O6S. The molecule has 228 valence electrons. The molecule has 1 atom stereocenters. The smallest absolute Gasteiger partial charge is 0.269 e. The Balaban J connectivity index is 1.81. The summed E-state index contributed by atoms with van der Waals surface area (Å²) < 4.78 is 28.7. The Hall–Kier alpha value is -4.45. The van der Waals surface area contributed by atoms with Crippen molar-refractivity contribution in [3.8, 4) is 0 Å². The molecule has 10 nitrogen and oxygen atoms in total. The van der Waals surface area contributed by atoms with Crippen LogP contribution in [0.5, 0.6) is 0 Å². The standard InChI is InChI=1S/C31H28Cl2N4O6S/c1-34-31(39)29(18-22-8-4-2-5-9-22)35(20-23-12-13-24(32)19-28(23)33)30(38)21-36(25-14-16-26(17-15-25)37(40)41)44(42,43)27-10-6-3-7-11-27/h2-17,19,29H,18,20-21H2,1H3,(H,34,39)/t29-/m1/s1. The van der Waals surface area contributed by atoms with Crippen LogP contribution in [0.2, 0.25) is 10.0 Å². The average molecular weight is 656 g/mol. The van der Waals surface area contributed by atoms with Gasteiger partial charge in [0.05, 0.1) is 15.5 Å². The van der Waals surface area contributed by atoms with Crippen molar-refractivity contribution >= 4 is 56.4 Å². The number of nitrogens with one attached hydrogen (secondary N) is 1. The Kier molecular flexibility index (Phi) is 10.6. The molecule has 0 fully saturated rings. The molecule has 0 spiro atoms. The number of anilines is 1. The van der Waals surface area contributed by atoms with Crippen LogP contribution in [0.25, 0.3) is 0 Å².